The van der Waals surface area contributed by atoms with E-state index in [1.165, 1.54) is 0 Å². The lowest BCUT2D eigenvalue weighted by Crippen LogP contribution is -2.40. The molecule has 1 aliphatic carbocycles. The first-order valence-electron chi connectivity index (χ1n) is 6.54. The fourth-order valence-corrected chi connectivity index (χ4v) is 2.37. The largest absolute Gasteiger partial charge is 0.460 e. The molecule has 0 unspecified atom stereocenters. The average molecular weight is 242 g/mol. The van der Waals surface area contributed by atoms with E-state index >= 15 is 0 Å². The predicted molar refractivity (Wildman–Crippen MR) is 67.6 cm³/mol. The fourth-order valence-electron chi connectivity index (χ4n) is 2.37. The number of carbonyl (C=O) groups excluding carboxylic acids is 1. The Morgan fingerprint density at radius 3 is 1.94 bits per heavy atom. The van der Waals surface area contributed by atoms with E-state index in [0.717, 1.165) is 25.7 Å². The maximum atomic E-state index is 12.2. The Morgan fingerprint density at radius 1 is 1.06 bits per heavy atom. The van der Waals surface area contributed by atoms with E-state index in [1.807, 2.05) is 34.6 Å². The quantitative estimate of drug-likeness (QED) is 0.757. The lowest BCUT2D eigenvalue weighted by atomic mass is 9.70. The summed E-state index contributed by atoms with van der Waals surface area (Å²) >= 11 is 0. The first kappa shape index (κ1) is 14.5. The second kappa shape index (κ2) is 4.97. The van der Waals surface area contributed by atoms with Gasteiger partial charge in [0.15, 0.2) is 0 Å². The molecule has 0 aromatic rings. The predicted octanol–water partition coefficient (Wildman–Crippen LogP) is 2.91. The molecule has 0 radical (unpaired) electrons. The van der Waals surface area contributed by atoms with Gasteiger partial charge >= 0.3 is 5.97 Å². The van der Waals surface area contributed by atoms with Crippen molar-refractivity contribution in [1.82, 2.24) is 0 Å². The zero-order chi connectivity index (χ0) is 13.3. The molecule has 17 heavy (non-hydrogen) atoms. The van der Waals surface area contributed by atoms with Crippen molar-refractivity contribution in [3.63, 3.8) is 0 Å². The summed E-state index contributed by atoms with van der Waals surface area (Å²) in [5, 5.41) is 9.50. The van der Waals surface area contributed by atoms with Crippen molar-refractivity contribution in [2.24, 2.45) is 11.3 Å². The first-order chi connectivity index (χ1) is 7.63. The topological polar surface area (TPSA) is 46.5 Å². The number of rotatable bonds is 2. The normalized spacial score (nSPS) is 26.7. The molecule has 1 aliphatic rings. The highest BCUT2D eigenvalue weighted by Crippen LogP contribution is 2.39. The summed E-state index contributed by atoms with van der Waals surface area (Å²) < 4.78 is 5.48. The van der Waals surface area contributed by atoms with Crippen LogP contribution in [-0.2, 0) is 9.53 Å². The Morgan fingerprint density at radius 2 is 1.53 bits per heavy atom. The summed E-state index contributed by atoms with van der Waals surface area (Å²) in [5.41, 5.74) is -0.879. The van der Waals surface area contributed by atoms with Gasteiger partial charge in [-0.3, -0.25) is 4.79 Å². The highest BCUT2D eigenvalue weighted by molar-refractivity contribution is 5.76. The first-order valence-corrected chi connectivity index (χ1v) is 6.54. The molecule has 0 atom stereocenters. The van der Waals surface area contributed by atoms with Gasteiger partial charge in [-0.2, -0.15) is 0 Å². The monoisotopic (exact) mass is 242 g/mol. The third kappa shape index (κ3) is 3.98. The van der Waals surface area contributed by atoms with Crippen molar-refractivity contribution < 1.29 is 14.6 Å². The van der Waals surface area contributed by atoms with Crippen LogP contribution in [0.1, 0.15) is 60.3 Å². The molecule has 0 heterocycles. The van der Waals surface area contributed by atoms with E-state index in [0.29, 0.717) is 5.92 Å². The van der Waals surface area contributed by atoms with Crippen LogP contribution >= 0.6 is 0 Å². The van der Waals surface area contributed by atoms with Crippen LogP contribution in [0.15, 0.2) is 0 Å². The molecule has 1 rings (SSSR count). The molecule has 3 nitrogen and oxygen atoms in total. The molecular weight excluding hydrogens is 216 g/mol. The maximum Gasteiger partial charge on any atom is 0.312 e. The van der Waals surface area contributed by atoms with Crippen LogP contribution in [-0.4, -0.2) is 22.8 Å². The van der Waals surface area contributed by atoms with Crippen LogP contribution in [0.4, 0.5) is 0 Å². The van der Waals surface area contributed by atoms with Gasteiger partial charge in [0, 0.05) is 0 Å². The van der Waals surface area contributed by atoms with E-state index in [1.54, 1.807) is 0 Å². The molecule has 100 valence electrons. The highest BCUT2D eigenvalue weighted by atomic mass is 16.6. The van der Waals surface area contributed by atoms with Crippen LogP contribution in [0.2, 0.25) is 0 Å². The third-order valence-corrected chi connectivity index (χ3v) is 3.64. The van der Waals surface area contributed by atoms with Crippen molar-refractivity contribution in [3.8, 4) is 0 Å². The summed E-state index contributed by atoms with van der Waals surface area (Å²) in [6.07, 6.45) is 3.25. The van der Waals surface area contributed by atoms with Crippen molar-refractivity contribution in [2.45, 2.75) is 72.0 Å². The van der Waals surface area contributed by atoms with Crippen molar-refractivity contribution in [1.29, 1.82) is 0 Å². The number of hydrogen-bond acceptors (Lipinski definition) is 3. The number of carbonyl (C=O) groups is 1. The molecule has 0 bridgehead atoms. The standard InChI is InChI=1S/C14H26O3/c1-13(2,3)17-12(16)14(4,5)10-6-8-11(15)9-7-10/h10-11,15H,6-9H2,1-5H3/t10-,11-. The fraction of sp³-hybridized carbons (Fsp3) is 0.929. The Balaban J connectivity index is 2.64. The Hall–Kier alpha value is -0.570. The van der Waals surface area contributed by atoms with Gasteiger partial charge in [-0.05, 0) is 66.2 Å². The number of aliphatic hydroxyl groups is 1. The van der Waals surface area contributed by atoms with Gasteiger partial charge in [-0.1, -0.05) is 0 Å². The minimum Gasteiger partial charge on any atom is -0.460 e. The third-order valence-electron chi connectivity index (χ3n) is 3.64. The minimum absolute atomic E-state index is 0.119. The second-order valence-electron chi connectivity index (χ2n) is 6.73. The molecule has 1 N–H and O–H groups in total. The summed E-state index contributed by atoms with van der Waals surface area (Å²) in [6, 6.07) is 0. The molecular formula is C14H26O3. The lowest BCUT2D eigenvalue weighted by Gasteiger charge is -2.38. The van der Waals surface area contributed by atoms with Crippen LogP contribution in [0.3, 0.4) is 0 Å². The molecule has 0 spiro atoms. The van der Waals surface area contributed by atoms with E-state index in [4.69, 9.17) is 4.74 Å². The minimum atomic E-state index is -0.451. The lowest BCUT2D eigenvalue weighted by molar-refractivity contribution is -0.170. The zero-order valence-electron chi connectivity index (χ0n) is 11.7. The van der Waals surface area contributed by atoms with Crippen LogP contribution in [0.25, 0.3) is 0 Å². The maximum absolute atomic E-state index is 12.2. The van der Waals surface area contributed by atoms with E-state index in [9.17, 15) is 9.90 Å². The zero-order valence-corrected chi connectivity index (χ0v) is 11.7. The summed E-state index contributed by atoms with van der Waals surface area (Å²) in [5.74, 6) is 0.201. The second-order valence-corrected chi connectivity index (χ2v) is 6.73. The van der Waals surface area contributed by atoms with E-state index < -0.39 is 11.0 Å². The molecule has 0 saturated heterocycles. The van der Waals surface area contributed by atoms with Crippen molar-refractivity contribution >= 4 is 5.97 Å². The van der Waals surface area contributed by atoms with Gasteiger partial charge in [0.2, 0.25) is 0 Å². The van der Waals surface area contributed by atoms with Crippen LogP contribution < -0.4 is 0 Å². The summed E-state index contributed by atoms with van der Waals surface area (Å²) in [6.45, 7) is 9.61. The van der Waals surface area contributed by atoms with Crippen LogP contribution in [0, 0.1) is 11.3 Å². The van der Waals surface area contributed by atoms with Crippen molar-refractivity contribution in [2.75, 3.05) is 0 Å². The molecule has 3 heteroatoms. The molecule has 0 amide bonds. The molecule has 1 fully saturated rings. The highest BCUT2D eigenvalue weighted by Gasteiger charge is 2.41. The average Bonchev–Trinajstić information content (AvgIpc) is 2.15. The van der Waals surface area contributed by atoms with Gasteiger partial charge in [0.25, 0.3) is 0 Å². The van der Waals surface area contributed by atoms with Crippen molar-refractivity contribution in [3.05, 3.63) is 0 Å². The Labute approximate surface area is 105 Å². The van der Waals surface area contributed by atoms with Gasteiger partial charge in [-0.15, -0.1) is 0 Å². The number of aliphatic hydroxyl groups excluding tert-OH is 1. The SMILES string of the molecule is CC(C)(C)OC(=O)C(C)(C)[C@H]1CC[C@H](O)CC1. The Kier molecular flexibility index (Phi) is 4.23. The van der Waals surface area contributed by atoms with E-state index in [2.05, 4.69) is 0 Å². The molecule has 1 saturated carbocycles. The summed E-state index contributed by atoms with van der Waals surface area (Å²) in [7, 11) is 0. The van der Waals surface area contributed by atoms with Gasteiger partial charge < -0.3 is 9.84 Å². The number of ether oxygens (including phenoxy) is 1. The number of hydrogen-bond donors (Lipinski definition) is 1. The molecule has 0 aromatic heterocycles. The van der Waals surface area contributed by atoms with E-state index in [-0.39, 0.29) is 12.1 Å². The van der Waals surface area contributed by atoms with Crippen LogP contribution in [0.5, 0.6) is 0 Å². The summed E-state index contributed by atoms with van der Waals surface area (Å²) in [4.78, 5) is 12.2. The van der Waals surface area contributed by atoms with Gasteiger partial charge in [0.1, 0.15) is 5.60 Å². The molecule has 0 aliphatic heterocycles. The smallest absolute Gasteiger partial charge is 0.312 e. The number of esters is 1. The Bertz CT molecular complexity index is 268. The van der Waals surface area contributed by atoms with Gasteiger partial charge in [0.05, 0.1) is 11.5 Å². The molecule has 0 aromatic carbocycles. The van der Waals surface area contributed by atoms with Gasteiger partial charge in [-0.25, -0.2) is 0 Å².